The molecule has 0 aliphatic carbocycles. The third-order valence-electron chi connectivity index (χ3n) is 2.13. The van der Waals surface area contributed by atoms with Gasteiger partial charge in [0.15, 0.2) is 11.6 Å². The molecule has 0 aromatic heterocycles. The maximum Gasteiger partial charge on any atom is 0.328 e. The molecule has 1 unspecified atom stereocenters. The van der Waals surface area contributed by atoms with Gasteiger partial charge in [0, 0.05) is 12.1 Å². The Bertz CT molecular complexity index is 460. The number of carbonyl (C=O) groups excluding carboxylic acids is 1. The summed E-state index contributed by atoms with van der Waals surface area (Å²) in [5, 5.41) is 2.34. The number of rotatable bonds is 3. The Morgan fingerprint density at radius 1 is 1.21 bits per heavy atom. The molecule has 0 aliphatic heterocycles. The van der Waals surface area contributed by atoms with Gasteiger partial charge in [-0.05, 0) is 27.7 Å². The highest BCUT2D eigenvalue weighted by Crippen LogP contribution is 2.21. The minimum atomic E-state index is -1.10. The van der Waals surface area contributed by atoms with Gasteiger partial charge in [0.05, 0.1) is 0 Å². The smallest absolute Gasteiger partial charge is 0.328 e. The number of nitrogens with one attached hydrogen (secondary N) is 1. The van der Waals surface area contributed by atoms with Crippen molar-refractivity contribution in [3.8, 4) is 0 Å². The zero-order valence-electron chi connectivity index (χ0n) is 11.2. The number of ether oxygens (including phenoxy) is 1. The van der Waals surface area contributed by atoms with E-state index in [1.54, 1.807) is 20.8 Å². The van der Waals surface area contributed by atoms with E-state index in [-0.39, 0.29) is 0 Å². The summed E-state index contributed by atoms with van der Waals surface area (Å²) in [6.07, 6.45) is 0. The van der Waals surface area contributed by atoms with Gasteiger partial charge in [-0.15, -0.1) is 0 Å². The van der Waals surface area contributed by atoms with Crippen molar-refractivity contribution >= 4 is 11.7 Å². The van der Waals surface area contributed by atoms with E-state index < -0.39 is 40.8 Å². The van der Waals surface area contributed by atoms with Gasteiger partial charge < -0.3 is 10.1 Å². The van der Waals surface area contributed by atoms with Crippen LogP contribution in [-0.2, 0) is 9.53 Å². The van der Waals surface area contributed by atoms with E-state index in [4.69, 9.17) is 4.74 Å². The number of esters is 1. The molecule has 0 saturated carbocycles. The molecule has 0 amide bonds. The number of anilines is 1. The molecule has 106 valence electrons. The summed E-state index contributed by atoms with van der Waals surface area (Å²) in [5.74, 6) is -3.89. The summed E-state index contributed by atoms with van der Waals surface area (Å²) in [6, 6.07) is 0.106. The number of halogens is 3. The minimum absolute atomic E-state index is 0.535. The zero-order valence-corrected chi connectivity index (χ0v) is 11.2. The van der Waals surface area contributed by atoms with Gasteiger partial charge in [-0.3, -0.25) is 0 Å². The lowest BCUT2D eigenvalue weighted by molar-refractivity contribution is -0.155. The molecule has 0 saturated heterocycles. The fourth-order valence-electron chi connectivity index (χ4n) is 1.35. The highest BCUT2D eigenvalue weighted by atomic mass is 19.1. The van der Waals surface area contributed by atoms with Crippen LogP contribution in [0.3, 0.4) is 0 Å². The van der Waals surface area contributed by atoms with Crippen LogP contribution in [0.2, 0.25) is 0 Å². The van der Waals surface area contributed by atoms with Crippen molar-refractivity contribution in [2.45, 2.75) is 39.3 Å². The van der Waals surface area contributed by atoms with E-state index >= 15 is 0 Å². The van der Waals surface area contributed by atoms with Gasteiger partial charge in [-0.2, -0.15) is 0 Å². The van der Waals surface area contributed by atoms with Crippen molar-refractivity contribution < 1.29 is 22.7 Å². The molecule has 1 rings (SSSR count). The molecule has 19 heavy (non-hydrogen) atoms. The monoisotopic (exact) mass is 275 g/mol. The Labute approximate surface area is 109 Å². The van der Waals surface area contributed by atoms with E-state index in [9.17, 15) is 18.0 Å². The van der Waals surface area contributed by atoms with E-state index in [1.165, 1.54) is 6.92 Å². The third kappa shape index (κ3) is 4.46. The Hall–Kier alpha value is -1.72. The van der Waals surface area contributed by atoms with Gasteiger partial charge in [-0.1, -0.05) is 0 Å². The standard InChI is InChI=1S/C13H16F3NO2/c1-7(12(18)19-13(2,3)4)17-11-9(15)5-8(14)6-10(11)16/h5-7,17H,1-4H3. The third-order valence-corrected chi connectivity index (χ3v) is 2.13. The molecule has 1 aromatic carbocycles. The lowest BCUT2D eigenvalue weighted by Gasteiger charge is -2.23. The van der Waals surface area contributed by atoms with E-state index in [2.05, 4.69) is 5.32 Å². The molecule has 3 nitrogen and oxygen atoms in total. The SMILES string of the molecule is CC(Nc1c(F)cc(F)cc1F)C(=O)OC(C)(C)C. The molecule has 6 heteroatoms. The number of benzene rings is 1. The molecule has 0 aliphatic rings. The second kappa shape index (κ2) is 5.50. The molecule has 1 atom stereocenters. The summed E-state index contributed by atoms with van der Waals surface area (Å²) in [5.41, 5.74) is -1.26. The van der Waals surface area contributed by atoms with Gasteiger partial charge in [0.25, 0.3) is 0 Å². The molecular formula is C13H16F3NO2. The van der Waals surface area contributed by atoms with Gasteiger partial charge in [0.1, 0.15) is 23.1 Å². The van der Waals surface area contributed by atoms with Crippen molar-refractivity contribution in [2.24, 2.45) is 0 Å². The Morgan fingerprint density at radius 2 is 1.68 bits per heavy atom. The van der Waals surface area contributed by atoms with Crippen LogP contribution in [0.1, 0.15) is 27.7 Å². The lowest BCUT2D eigenvalue weighted by atomic mass is 10.2. The van der Waals surface area contributed by atoms with Crippen LogP contribution in [0.25, 0.3) is 0 Å². The van der Waals surface area contributed by atoms with Crippen LogP contribution < -0.4 is 5.32 Å². The summed E-state index contributed by atoms with van der Waals surface area (Å²) < 4.78 is 44.5. The topological polar surface area (TPSA) is 38.3 Å². The number of hydrogen-bond donors (Lipinski definition) is 1. The normalized spacial score (nSPS) is 13.0. The second-order valence-electron chi connectivity index (χ2n) is 5.14. The first-order chi connectivity index (χ1) is 8.60. The van der Waals surface area contributed by atoms with Crippen molar-refractivity contribution in [2.75, 3.05) is 5.32 Å². The average Bonchev–Trinajstić information content (AvgIpc) is 2.20. The molecule has 0 bridgehead atoms. The summed E-state index contributed by atoms with van der Waals surface area (Å²) in [6.45, 7) is 6.43. The number of carbonyl (C=O) groups is 1. The second-order valence-corrected chi connectivity index (χ2v) is 5.14. The zero-order chi connectivity index (χ0) is 14.8. The minimum Gasteiger partial charge on any atom is -0.458 e. The summed E-state index contributed by atoms with van der Waals surface area (Å²) in [4.78, 5) is 11.6. The Morgan fingerprint density at radius 3 is 2.11 bits per heavy atom. The van der Waals surface area contributed by atoms with Gasteiger partial charge >= 0.3 is 5.97 Å². The predicted molar refractivity (Wildman–Crippen MR) is 65.2 cm³/mol. The molecular weight excluding hydrogens is 259 g/mol. The maximum absolute atomic E-state index is 13.4. The first-order valence-electron chi connectivity index (χ1n) is 5.74. The van der Waals surface area contributed by atoms with Crippen LogP contribution in [-0.4, -0.2) is 17.6 Å². The molecule has 0 radical (unpaired) electrons. The average molecular weight is 275 g/mol. The summed E-state index contributed by atoms with van der Waals surface area (Å²) >= 11 is 0. The van der Waals surface area contributed by atoms with Crippen LogP contribution in [0, 0.1) is 17.5 Å². The highest BCUT2D eigenvalue weighted by molar-refractivity contribution is 5.79. The lowest BCUT2D eigenvalue weighted by Crippen LogP contribution is -2.35. The largest absolute Gasteiger partial charge is 0.458 e. The van der Waals surface area contributed by atoms with Crippen molar-refractivity contribution in [3.63, 3.8) is 0 Å². The maximum atomic E-state index is 13.4. The van der Waals surface area contributed by atoms with Crippen molar-refractivity contribution in [1.82, 2.24) is 0 Å². The number of hydrogen-bond acceptors (Lipinski definition) is 3. The van der Waals surface area contributed by atoms with Crippen LogP contribution >= 0.6 is 0 Å². The van der Waals surface area contributed by atoms with E-state index in [0.29, 0.717) is 12.1 Å². The molecule has 1 N–H and O–H groups in total. The molecule has 0 spiro atoms. The Kier molecular flexibility index (Phi) is 4.44. The van der Waals surface area contributed by atoms with Crippen LogP contribution in [0.4, 0.5) is 18.9 Å². The van der Waals surface area contributed by atoms with Gasteiger partial charge in [-0.25, -0.2) is 18.0 Å². The predicted octanol–water partition coefficient (Wildman–Crippen LogP) is 3.25. The fraction of sp³-hybridized carbons (Fsp3) is 0.462. The first kappa shape index (κ1) is 15.3. The van der Waals surface area contributed by atoms with Crippen LogP contribution in [0.5, 0.6) is 0 Å². The highest BCUT2D eigenvalue weighted by Gasteiger charge is 2.23. The molecule has 0 fully saturated rings. The quantitative estimate of drug-likeness (QED) is 0.861. The Balaban J connectivity index is 2.83. The fourth-order valence-corrected chi connectivity index (χ4v) is 1.35. The van der Waals surface area contributed by atoms with E-state index in [0.717, 1.165) is 0 Å². The first-order valence-corrected chi connectivity index (χ1v) is 5.74. The summed E-state index contributed by atoms with van der Waals surface area (Å²) in [7, 11) is 0. The van der Waals surface area contributed by atoms with E-state index in [1.807, 2.05) is 0 Å². The molecule has 1 aromatic rings. The molecule has 0 heterocycles. The van der Waals surface area contributed by atoms with Crippen molar-refractivity contribution in [1.29, 1.82) is 0 Å². The van der Waals surface area contributed by atoms with Gasteiger partial charge in [0.2, 0.25) is 0 Å². The van der Waals surface area contributed by atoms with Crippen LogP contribution in [0.15, 0.2) is 12.1 Å². The van der Waals surface area contributed by atoms with Crippen molar-refractivity contribution in [3.05, 3.63) is 29.6 Å².